The van der Waals surface area contributed by atoms with Crippen LogP contribution >= 0.6 is 0 Å². The number of fused-ring (bicyclic) bond motifs is 4. The number of carbonyl (C=O) groups excluding carboxylic acids is 2. The maximum atomic E-state index is 13.1. The average Bonchev–Trinajstić information content (AvgIpc) is 3.03. The zero-order chi connectivity index (χ0) is 18.8. The fraction of sp³-hybridized carbons (Fsp3) is 0.300. The van der Waals surface area contributed by atoms with Crippen LogP contribution in [0, 0.1) is 0 Å². The summed E-state index contributed by atoms with van der Waals surface area (Å²) in [4.78, 5) is 26.0. The van der Waals surface area contributed by atoms with E-state index >= 15 is 0 Å². The van der Waals surface area contributed by atoms with Crippen molar-refractivity contribution >= 4 is 11.6 Å². The van der Waals surface area contributed by atoms with Gasteiger partial charge < -0.3 is 20.1 Å². The van der Waals surface area contributed by atoms with Crippen LogP contribution in [0.15, 0.2) is 24.3 Å². The van der Waals surface area contributed by atoms with Crippen molar-refractivity contribution < 1.29 is 29.6 Å². The van der Waals surface area contributed by atoms with Crippen molar-refractivity contribution in [2.75, 3.05) is 0 Å². The Hall–Kier alpha value is -2.70. The molecular formula is C20H18O6. The van der Waals surface area contributed by atoms with Crippen molar-refractivity contribution in [2.24, 2.45) is 0 Å². The van der Waals surface area contributed by atoms with Crippen molar-refractivity contribution in [3.8, 4) is 11.5 Å². The van der Waals surface area contributed by atoms with Crippen molar-refractivity contribution in [1.29, 1.82) is 0 Å². The summed E-state index contributed by atoms with van der Waals surface area (Å²) in [5.41, 5.74) is 0.242. The molecule has 2 aliphatic rings. The molecule has 1 aliphatic heterocycles. The van der Waals surface area contributed by atoms with Gasteiger partial charge in [0.05, 0.1) is 17.8 Å². The number of carbonyl (C=O) groups is 2. The quantitative estimate of drug-likeness (QED) is 0.647. The summed E-state index contributed by atoms with van der Waals surface area (Å²) in [5.74, 6) is -0.727. The fourth-order valence-electron chi connectivity index (χ4n) is 3.68. The number of rotatable bonds is 2. The third-order valence-corrected chi connectivity index (χ3v) is 5.05. The number of ether oxygens (including phenoxy) is 1. The minimum absolute atomic E-state index is 0.0215. The molecule has 6 nitrogen and oxygen atoms in total. The molecule has 0 spiro atoms. The first kappa shape index (κ1) is 16.8. The maximum Gasteiger partial charge on any atom is 0.198 e. The normalized spacial score (nSPS) is 18.2. The molecule has 1 atom stereocenters. The Morgan fingerprint density at radius 1 is 1.15 bits per heavy atom. The molecule has 3 N–H and O–H groups in total. The first-order valence-electron chi connectivity index (χ1n) is 8.34. The number of hydrogen-bond acceptors (Lipinski definition) is 6. The van der Waals surface area contributed by atoms with Crippen LogP contribution in [0.2, 0.25) is 0 Å². The van der Waals surface area contributed by atoms with E-state index in [0.29, 0.717) is 16.9 Å². The van der Waals surface area contributed by atoms with Crippen LogP contribution in [0.4, 0.5) is 0 Å². The first-order valence-corrected chi connectivity index (χ1v) is 8.34. The molecule has 0 saturated carbocycles. The number of aliphatic hydroxyl groups excluding tert-OH is 1. The predicted octanol–water partition coefficient (Wildman–Crippen LogP) is 1.73. The highest BCUT2D eigenvalue weighted by Crippen LogP contribution is 2.44. The number of hydrogen-bond donors (Lipinski definition) is 3. The standard InChI is InChI=1S/C20H18O6/c1-20(2,25)14-7-12-15-11(6-9(8-21)19(12)26-14)18(24)16-10(17(15)23)4-3-5-13(16)22/h3-6,14,21-22,25H,7-8H2,1-2H3. The number of aromatic hydroxyl groups is 1. The molecule has 0 bridgehead atoms. The monoisotopic (exact) mass is 354 g/mol. The van der Waals surface area contributed by atoms with Crippen LogP contribution in [0.3, 0.4) is 0 Å². The zero-order valence-electron chi connectivity index (χ0n) is 14.4. The van der Waals surface area contributed by atoms with Gasteiger partial charge in [-0.05, 0) is 26.0 Å². The summed E-state index contributed by atoms with van der Waals surface area (Å²) < 4.78 is 5.83. The molecule has 0 fully saturated rings. The minimum atomic E-state index is -1.16. The van der Waals surface area contributed by atoms with Gasteiger partial charge in [-0.15, -0.1) is 0 Å². The van der Waals surface area contributed by atoms with Gasteiger partial charge in [-0.3, -0.25) is 9.59 Å². The van der Waals surface area contributed by atoms with E-state index in [4.69, 9.17) is 4.74 Å². The van der Waals surface area contributed by atoms with E-state index in [1.807, 2.05) is 0 Å². The highest BCUT2D eigenvalue weighted by Gasteiger charge is 2.42. The summed E-state index contributed by atoms with van der Waals surface area (Å²) >= 11 is 0. The van der Waals surface area contributed by atoms with E-state index in [-0.39, 0.29) is 46.8 Å². The second kappa shape index (κ2) is 5.40. The third-order valence-electron chi connectivity index (χ3n) is 5.05. The summed E-state index contributed by atoms with van der Waals surface area (Å²) in [6, 6.07) is 5.83. The summed E-state index contributed by atoms with van der Waals surface area (Å²) in [6.45, 7) is 2.84. The van der Waals surface area contributed by atoms with E-state index in [1.54, 1.807) is 13.8 Å². The number of aliphatic hydroxyl groups is 2. The molecule has 0 amide bonds. The molecular weight excluding hydrogens is 336 g/mol. The van der Waals surface area contributed by atoms with Gasteiger partial charge in [0.25, 0.3) is 0 Å². The predicted molar refractivity (Wildman–Crippen MR) is 91.8 cm³/mol. The van der Waals surface area contributed by atoms with Gasteiger partial charge in [-0.25, -0.2) is 0 Å². The minimum Gasteiger partial charge on any atom is -0.507 e. The van der Waals surface area contributed by atoms with Crippen molar-refractivity contribution in [3.05, 3.63) is 57.6 Å². The van der Waals surface area contributed by atoms with Gasteiger partial charge in [0.1, 0.15) is 17.6 Å². The summed E-state index contributed by atoms with van der Waals surface area (Å²) in [7, 11) is 0. The Labute approximate surface area is 149 Å². The molecule has 1 aliphatic carbocycles. The topological polar surface area (TPSA) is 104 Å². The smallest absolute Gasteiger partial charge is 0.198 e. The zero-order valence-corrected chi connectivity index (χ0v) is 14.4. The molecule has 1 heterocycles. The average molecular weight is 354 g/mol. The Morgan fingerprint density at radius 3 is 2.50 bits per heavy atom. The maximum absolute atomic E-state index is 13.1. The van der Waals surface area contributed by atoms with E-state index in [0.717, 1.165) is 0 Å². The lowest BCUT2D eigenvalue weighted by atomic mass is 9.79. The Bertz CT molecular complexity index is 967. The molecule has 1 unspecified atom stereocenters. The van der Waals surface area contributed by atoms with E-state index in [9.17, 15) is 24.9 Å². The van der Waals surface area contributed by atoms with E-state index in [1.165, 1.54) is 24.3 Å². The van der Waals surface area contributed by atoms with Gasteiger partial charge >= 0.3 is 0 Å². The SMILES string of the molecule is CC(C)(O)C1Cc2c(c(CO)cc3c2C(=O)c2cccc(O)c2C3=O)O1. The van der Waals surface area contributed by atoms with Crippen LogP contribution in [-0.2, 0) is 13.0 Å². The lowest BCUT2D eigenvalue weighted by Gasteiger charge is -2.24. The number of phenols is 1. The lowest BCUT2D eigenvalue weighted by molar-refractivity contribution is -0.0235. The summed E-state index contributed by atoms with van der Waals surface area (Å²) in [6.07, 6.45) is -0.342. The Kier molecular flexibility index (Phi) is 3.48. The second-order valence-corrected chi connectivity index (χ2v) is 7.25. The van der Waals surface area contributed by atoms with Crippen LogP contribution in [0.1, 0.15) is 56.8 Å². The van der Waals surface area contributed by atoms with Crippen LogP contribution in [0.5, 0.6) is 11.5 Å². The van der Waals surface area contributed by atoms with Crippen molar-refractivity contribution in [3.63, 3.8) is 0 Å². The molecule has 2 aromatic rings. The Balaban J connectivity index is 1.97. The van der Waals surface area contributed by atoms with E-state index in [2.05, 4.69) is 0 Å². The number of benzene rings is 2. The van der Waals surface area contributed by atoms with Crippen LogP contribution < -0.4 is 4.74 Å². The molecule has 26 heavy (non-hydrogen) atoms. The van der Waals surface area contributed by atoms with Crippen molar-refractivity contribution in [1.82, 2.24) is 0 Å². The largest absolute Gasteiger partial charge is 0.507 e. The van der Waals surface area contributed by atoms with Gasteiger partial charge in [0, 0.05) is 34.2 Å². The number of phenolic OH excluding ortho intramolecular Hbond substituents is 1. The van der Waals surface area contributed by atoms with Crippen molar-refractivity contribution in [2.45, 2.75) is 38.6 Å². The molecule has 0 radical (unpaired) electrons. The fourth-order valence-corrected chi connectivity index (χ4v) is 3.68. The Morgan fingerprint density at radius 2 is 1.85 bits per heavy atom. The van der Waals surface area contributed by atoms with Crippen LogP contribution in [0.25, 0.3) is 0 Å². The van der Waals surface area contributed by atoms with Gasteiger partial charge in [-0.1, -0.05) is 12.1 Å². The second-order valence-electron chi connectivity index (χ2n) is 7.25. The summed E-state index contributed by atoms with van der Waals surface area (Å²) in [5, 5.41) is 30.1. The van der Waals surface area contributed by atoms with Crippen LogP contribution in [-0.4, -0.2) is 38.6 Å². The lowest BCUT2D eigenvalue weighted by Crippen LogP contribution is -2.39. The highest BCUT2D eigenvalue weighted by molar-refractivity contribution is 6.30. The van der Waals surface area contributed by atoms with Gasteiger partial charge in [-0.2, -0.15) is 0 Å². The third kappa shape index (κ3) is 2.19. The van der Waals surface area contributed by atoms with E-state index < -0.39 is 17.5 Å². The molecule has 2 aromatic carbocycles. The van der Waals surface area contributed by atoms with Gasteiger partial charge in [0.15, 0.2) is 11.6 Å². The molecule has 6 heteroatoms. The number of ketones is 2. The molecule has 0 saturated heterocycles. The van der Waals surface area contributed by atoms with Gasteiger partial charge in [0.2, 0.25) is 0 Å². The molecule has 134 valence electrons. The molecule has 0 aromatic heterocycles. The highest BCUT2D eigenvalue weighted by atomic mass is 16.5. The first-order chi connectivity index (χ1) is 12.2. The molecule has 4 rings (SSSR count).